The molecule has 0 bridgehead atoms. The molecule has 2 aromatic carbocycles. The summed E-state index contributed by atoms with van der Waals surface area (Å²) >= 11 is 0. The van der Waals surface area contributed by atoms with E-state index in [1.54, 1.807) is 57.7 Å². The van der Waals surface area contributed by atoms with E-state index >= 15 is 4.39 Å². The fraction of sp³-hybridized carbons (Fsp3) is 0.406. The number of aryl methyl sites for hydroxylation is 1. The zero-order chi connectivity index (χ0) is 29.9. The summed E-state index contributed by atoms with van der Waals surface area (Å²) in [4.78, 5) is 30.6. The maximum Gasteiger partial charge on any atom is 0.407 e. The van der Waals surface area contributed by atoms with Gasteiger partial charge in [-0.1, -0.05) is 26.0 Å². The Bertz CT molecular complexity index is 1610. The minimum atomic E-state index is -0.651. The first kappa shape index (κ1) is 29.8. The van der Waals surface area contributed by atoms with Crippen molar-refractivity contribution in [3.05, 3.63) is 76.1 Å². The van der Waals surface area contributed by atoms with Gasteiger partial charge in [-0.2, -0.15) is 0 Å². The number of ether oxygens (including phenoxy) is 3. The van der Waals surface area contributed by atoms with Crippen LogP contribution in [0.3, 0.4) is 0 Å². The number of benzene rings is 2. The lowest BCUT2D eigenvalue weighted by Gasteiger charge is -2.25. The third kappa shape index (κ3) is 7.14. The molecule has 0 unspecified atom stereocenters. The number of hydrogen-bond donors (Lipinski definition) is 1. The van der Waals surface area contributed by atoms with Gasteiger partial charge in [0.2, 0.25) is 0 Å². The highest BCUT2D eigenvalue weighted by Gasteiger charge is 2.22. The molecule has 41 heavy (non-hydrogen) atoms. The second kappa shape index (κ2) is 12.2. The van der Waals surface area contributed by atoms with Crippen LogP contribution in [0, 0.1) is 18.7 Å². The molecule has 4 aromatic rings. The van der Waals surface area contributed by atoms with Gasteiger partial charge in [0, 0.05) is 17.6 Å². The fourth-order valence-corrected chi connectivity index (χ4v) is 4.87. The fourth-order valence-electron chi connectivity index (χ4n) is 4.87. The summed E-state index contributed by atoms with van der Waals surface area (Å²) in [7, 11) is 1.59. The Labute approximate surface area is 239 Å². The van der Waals surface area contributed by atoms with Gasteiger partial charge in [-0.05, 0) is 75.2 Å². The predicted octanol–water partition coefficient (Wildman–Crippen LogP) is 6.37. The van der Waals surface area contributed by atoms with Crippen molar-refractivity contribution in [1.82, 2.24) is 14.9 Å². The first-order valence-electron chi connectivity index (χ1n) is 13.7. The Morgan fingerprint density at radius 1 is 1.10 bits per heavy atom. The topological polar surface area (TPSA) is 91.7 Å². The summed E-state index contributed by atoms with van der Waals surface area (Å²) < 4.78 is 33.8. The standard InChI is InChI=1S/C32H38FN3O5/c1-19(2)14-22(35-31(38)41-32(4,5)6)18-40-28-16-27-25(15-26(28)33)24-12-13-34-20(3)29(24)30(37)36(27)17-21-8-10-23(39-7)11-9-21/h8-13,15-16,19,22H,14,17-18H2,1-7H3,(H,35,38)/t22-/m0/s1. The molecule has 2 heterocycles. The molecule has 2 aromatic heterocycles. The van der Waals surface area contributed by atoms with Crippen molar-refractivity contribution in [2.75, 3.05) is 13.7 Å². The number of alkyl carbamates (subject to hydrolysis) is 1. The summed E-state index contributed by atoms with van der Waals surface area (Å²) in [5, 5.41) is 4.49. The van der Waals surface area contributed by atoms with Crippen LogP contribution >= 0.6 is 0 Å². The molecule has 218 valence electrons. The summed E-state index contributed by atoms with van der Waals surface area (Å²) in [6, 6.07) is 11.7. The zero-order valence-electron chi connectivity index (χ0n) is 24.7. The highest BCUT2D eigenvalue weighted by atomic mass is 19.1. The van der Waals surface area contributed by atoms with E-state index in [1.165, 1.54) is 6.07 Å². The Morgan fingerprint density at radius 2 is 1.80 bits per heavy atom. The second-order valence-electron chi connectivity index (χ2n) is 11.6. The summed E-state index contributed by atoms with van der Waals surface area (Å²) in [6.45, 7) is 11.5. The number of carbonyl (C=O) groups is 1. The van der Waals surface area contributed by atoms with E-state index in [0.29, 0.717) is 39.5 Å². The number of carbonyl (C=O) groups excluding carboxylic acids is 1. The number of amides is 1. The van der Waals surface area contributed by atoms with Gasteiger partial charge in [0.15, 0.2) is 11.6 Å². The van der Waals surface area contributed by atoms with Gasteiger partial charge in [0.25, 0.3) is 5.56 Å². The predicted molar refractivity (Wildman–Crippen MR) is 158 cm³/mol. The van der Waals surface area contributed by atoms with Crippen molar-refractivity contribution in [2.45, 2.75) is 66.2 Å². The van der Waals surface area contributed by atoms with Crippen LogP contribution in [0.2, 0.25) is 0 Å². The minimum Gasteiger partial charge on any atom is -0.497 e. The van der Waals surface area contributed by atoms with Crippen LogP contribution in [0.25, 0.3) is 21.7 Å². The minimum absolute atomic E-state index is 0.00902. The molecule has 0 saturated carbocycles. The van der Waals surface area contributed by atoms with Crippen LogP contribution in [0.1, 0.15) is 52.3 Å². The lowest BCUT2D eigenvalue weighted by molar-refractivity contribution is 0.0479. The molecule has 0 fully saturated rings. The smallest absolute Gasteiger partial charge is 0.407 e. The molecule has 1 N–H and O–H groups in total. The molecular weight excluding hydrogens is 525 g/mol. The SMILES string of the molecule is COc1ccc(Cn2c(=O)c3c(C)nccc3c3cc(F)c(OC[C@H](CC(C)C)NC(=O)OC(C)(C)C)cc32)cc1. The van der Waals surface area contributed by atoms with Crippen molar-refractivity contribution in [1.29, 1.82) is 0 Å². The number of nitrogens with one attached hydrogen (secondary N) is 1. The van der Waals surface area contributed by atoms with Crippen LogP contribution in [-0.4, -0.2) is 41.0 Å². The number of rotatable bonds is 9. The van der Waals surface area contributed by atoms with Gasteiger partial charge < -0.3 is 24.1 Å². The van der Waals surface area contributed by atoms with E-state index in [0.717, 1.165) is 5.56 Å². The Kier molecular flexibility index (Phi) is 8.85. The molecule has 1 amide bonds. The van der Waals surface area contributed by atoms with E-state index < -0.39 is 23.6 Å². The first-order chi connectivity index (χ1) is 19.4. The Balaban J connectivity index is 1.75. The van der Waals surface area contributed by atoms with E-state index in [4.69, 9.17) is 14.2 Å². The van der Waals surface area contributed by atoms with Crippen LogP contribution in [0.5, 0.6) is 11.5 Å². The number of pyridine rings is 2. The van der Waals surface area contributed by atoms with Gasteiger partial charge in [-0.3, -0.25) is 9.78 Å². The number of hydrogen-bond acceptors (Lipinski definition) is 6. The van der Waals surface area contributed by atoms with Crippen LogP contribution < -0.4 is 20.3 Å². The van der Waals surface area contributed by atoms with Crippen molar-refractivity contribution in [3.63, 3.8) is 0 Å². The number of fused-ring (bicyclic) bond motifs is 3. The summed E-state index contributed by atoms with van der Waals surface area (Å²) in [5.41, 5.74) is 1.10. The molecule has 9 heteroatoms. The molecular formula is C32H38FN3O5. The molecule has 0 spiro atoms. The summed E-state index contributed by atoms with van der Waals surface area (Å²) in [5.74, 6) is 0.379. The lowest BCUT2D eigenvalue weighted by Crippen LogP contribution is -2.42. The second-order valence-corrected chi connectivity index (χ2v) is 11.6. The first-order valence-corrected chi connectivity index (χ1v) is 13.7. The van der Waals surface area contributed by atoms with E-state index in [1.807, 2.05) is 38.1 Å². The Hall–Kier alpha value is -4.14. The van der Waals surface area contributed by atoms with Crippen LogP contribution in [0.4, 0.5) is 9.18 Å². The molecule has 4 rings (SSSR count). The van der Waals surface area contributed by atoms with Crippen molar-refractivity contribution in [3.8, 4) is 11.5 Å². The molecule has 0 aliphatic heterocycles. The van der Waals surface area contributed by atoms with Gasteiger partial charge in [-0.25, -0.2) is 9.18 Å². The van der Waals surface area contributed by atoms with E-state index in [9.17, 15) is 9.59 Å². The largest absolute Gasteiger partial charge is 0.497 e. The van der Waals surface area contributed by atoms with Crippen LogP contribution in [-0.2, 0) is 11.3 Å². The normalized spacial score (nSPS) is 12.5. The van der Waals surface area contributed by atoms with Crippen molar-refractivity contribution in [2.24, 2.45) is 5.92 Å². The molecule has 0 radical (unpaired) electrons. The average molecular weight is 564 g/mol. The number of aromatic nitrogens is 2. The summed E-state index contributed by atoms with van der Waals surface area (Å²) in [6.07, 6.45) is 1.66. The molecule has 0 aliphatic carbocycles. The van der Waals surface area contributed by atoms with Crippen LogP contribution in [0.15, 0.2) is 53.5 Å². The van der Waals surface area contributed by atoms with Gasteiger partial charge in [0.05, 0.1) is 36.3 Å². The molecule has 0 aliphatic rings. The molecule has 8 nitrogen and oxygen atoms in total. The highest BCUT2D eigenvalue weighted by molar-refractivity contribution is 6.06. The van der Waals surface area contributed by atoms with E-state index in [-0.39, 0.29) is 30.4 Å². The molecule has 1 atom stereocenters. The zero-order valence-corrected chi connectivity index (χ0v) is 24.7. The number of methoxy groups -OCH3 is 1. The third-order valence-electron chi connectivity index (χ3n) is 6.65. The Morgan fingerprint density at radius 3 is 2.44 bits per heavy atom. The average Bonchev–Trinajstić information content (AvgIpc) is 2.89. The maximum atomic E-state index is 15.5. The monoisotopic (exact) mass is 563 g/mol. The third-order valence-corrected chi connectivity index (χ3v) is 6.65. The van der Waals surface area contributed by atoms with E-state index in [2.05, 4.69) is 10.3 Å². The van der Waals surface area contributed by atoms with Gasteiger partial charge in [0.1, 0.15) is 18.0 Å². The highest BCUT2D eigenvalue weighted by Crippen LogP contribution is 2.30. The van der Waals surface area contributed by atoms with Gasteiger partial charge in [-0.15, -0.1) is 0 Å². The lowest BCUT2D eigenvalue weighted by atomic mass is 10.0. The van der Waals surface area contributed by atoms with Crippen molar-refractivity contribution >= 4 is 27.8 Å². The number of nitrogens with zero attached hydrogens (tertiary/aromatic N) is 2. The van der Waals surface area contributed by atoms with Crippen molar-refractivity contribution < 1.29 is 23.4 Å². The quantitative estimate of drug-likeness (QED) is 0.238. The maximum absolute atomic E-state index is 15.5. The molecule has 0 saturated heterocycles. The van der Waals surface area contributed by atoms with Gasteiger partial charge >= 0.3 is 6.09 Å². The number of halogens is 1.